The number of fused-ring (bicyclic) bond motifs is 1. The predicted molar refractivity (Wildman–Crippen MR) is 200 cm³/mol. The molecule has 0 aliphatic carbocycles. The lowest BCUT2D eigenvalue weighted by Crippen LogP contribution is -2.40. The number of carbonyl (C=O) groups is 1. The van der Waals surface area contributed by atoms with Crippen LogP contribution in [0.4, 0.5) is 0 Å². The lowest BCUT2D eigenvalue weighted by molar-refractivity contribution is -0.138. The maximum Gasteiger partial charge on any atom is 0.338 e. The molecule has 1 aromatic heterocycles. The summed E-state index contributed by atoms with van der Waals surface area (Å²) >= 11 is 5.05. The summed E-state index contributed by atoms with van der Waals surface area (Å²) < 4.78 is 20.2. The lowest BCUT2D eigenvalue weighted by atomic mass is 9.93. The Balaban J connectivity index is 1.49. The molecule has 49 heavy (non-hydrogen) atoms. The van der Waals surface area contributed by atoms with E-state index in [0.717, 1.165) is 30.7 Å². The highest BCUT2D eigenvalue weighted by molar-refractivity contribution is 14.1. The number of thiazole rings is 1. The third-order valence-electron chi connectivity index (χ3n) is 7.86. The first-order valence-corrected chi connectivity index (χ1v) is 18.4. The van der Waals surface area contributed by atoms with Gasteiger partial charge in [-0.2, -0.15) is 5.26 Å². The third kappa shape index (κ3) is 7.08. The minimum atomic E-state index is -0.759. The molecule has 0 radical (unpaired) electrons. The summed E-state index contributed by atoms with van der Waals surface area (Å²) in [5, 5.41) is 9.48. The minimum absolute atomic E-state index is 0.179. The molecule has 11 heteroatoms. The second-order valence-corrected chi connectivity index (χ2v) is 13.8. The first-order chi connectivity index (χ1) is 23.9. The number of hydrogen-bond donors (Lipinski definition) is 0. The number of carbonyl (C=O) groups excluding carboxylic acids is 1. The maximum absolute atomic E-state index is 14.3. The van der Waals surface area contributed by atoms with Gasteiger partial charge < -0.3 is 14.2 Å². The second-order valence-electron chi connectivity index (χ2n) is 10.8. The quantitative estimate of drug-likeness (QED) is 0.0879. The van der Waals surface area contributed by atoms with Gasteiger partial charge in [0, 0.05) is 16.0 Å². The number of aromatic nitrogens is 1. The van der Waals surface area contributed by atoms with Gasteiger partial charge in [0.25, 0.3) is 5.56 Å². The molecule has 4 aromatic carbocycles. The van der Waals surface area contributed by atoms with Crippen molar-refractivity contribution in [3.05, 3.63) is 148 Å². The fourth-order valence-electron chi connectivity index (χ4n) is 5.56. The van der Waals surface area contributed by atoms with Crippen molar-refractivity contribution < 1.29 is 19.0 Å². The van der Waals surface area contributed by atoms with Crippen LogP contribution in [0.3, 0.4) is 0 Å². The Morgan fingerprint density at radius 2 is 1.82 bits per heavy atom. The van der Waals surface area contributed by atoms with Crippen molar-refractivity contribution in [1.29, 1.82) is 5.26 Å². The van der Waals surface area contributed by atoms with E-state index in [-0.39, 0.29) is 18.8 Å². The van der Waals surface area contributed by atoms with E-state index in [4.69, 9.17) is 19.2 Å². The van der Waals surface area contributed by atoms with E-state index >= 15 is 0 Å². The molecular formula is C38H30IN3O5S2. The fraction of sp³-hybridized carbons (Fsp3) is 0.158. The largest absolute Gasteiger partial charge is 0.493 e. The van der Waals surface area contributed by atoms with Crippen LogP contribution in [0.15, 0.2) is 111 Å². The molecule has 0 saturated carbocycles. The SMILES string of the molecule is CCOC(=O)C1=C(c2ccccc2)N=c2s/c(=C\c3cc(I)c(OCc4ccccc4C#N)c(OC)c3)c(=O)n2[C@H]1c1ccc(SC)cc1. The molecule has 0 bridgehead atoms. The summed E-state index contributed by atoms with van der Waals surface area (Å²) in [6.07, 6.45) is 3.80. The Labute approximate surface area is 305 Å². The monoisotopic (exact) mass is 799 g/mol. The Kier molecular flexibility index (Phi) is 10.7. The van der Waals surface area contributed by atoms with Gasteiger partial charge in [0.2, 0.25) is 0 Å². The summed E-state index contributed by atoms with van der Waals surface area (Å²) in [5.41, 5.74) is 4.06. The molecule has 2 heterocycles. The average Bonchev–Trinajstić information content (AvgIpc) is 3.44. The molecule has 0 amide bonds. The molecule has 1 atom stereocenters. The maximum atomic E-state index is 14.3. The van der Waals surface area contributed by atoms with Crippen molar-refractivity contribution in [2.24, 2.45) is 4.99 Å². The first kappa shape index (κ1) is 34.2. The molecular weight excluding hydrogens is 769 g/mol. The fourth-order valence-corrected chi connectivity index (χ4v) is 7.75. The molecule has 246 valence electrons. The van der Waals surface area contributed by atoms with Crippen LogP contribution in [-0.4, -0.2) is 30.5 Å². The van der Waals surface area contributed by atoms with Crippen molar-refractivity contribution >= 4 is 63.4 Å². The number of nitriles is 1. The zero-order valence-corrected chi connectivity index (χ0v) is 30.6. The van der Waals surface area contributed by atoms with E-state index in [9.17, 15) is 14.9 Å². The van der Waals surface area contributed by atoms with Gasteiger partial charge >= 0.3 is 5.97 Å². The van der Waals surface area contributed by atoms with Crippen molar-refractivity contribution in [2.45, 2.75) is 24.5 Å². The minimum Gasteiger partial charge on any atom is -0.493 e. The van der Waals surface area contributed by atoms with Crippen molar-refractivity contribution in [3.63, 3.8) is 0 Å². The molecule has 1 aliphatic rings. The van der Waals surface area contributed by atoms with Gasteiger partial charge in [-0.05, 0) is 83.3 Å². The van der Waals surface area contributed by atoms with Crippen molar-refractivity contribution in [3.8, 4) is 17.6 Å². The molecule has 0 spiro atoms. The molecule has 5 aromatic rings. The Morgan fingerprint density at radius 3 is 2.51 bits per heavy atom. The van der Waals surface area contributed by atoms with Gasteiger partial charge in [0.05, 0.1) is 50.8 Å². The summed E-state index contributed by atoms with van der Waals surface area (Å²) in [6.45, 7) is 2.13. The number of nitrogens with zero attached hydrogens (tertiary/aromatic N) is 3. The van der Waals surface area contributed by atoms with Crippen LogP contribution in [-0.2, 0) is 16.1 Å². The number of halogens is 1. The van der Waals surface area contributed by atoms with Crippen LogP contribution >= 0.6 is 45.7 Å². The Morgan fingerprint density at radius 1 is 1.08 bits per heavy atom. The van der Waals surface area contributed by atoms with Crippen LogP contribution in [0.25, 0.3) is 11.8 Å². The van der Waals surface area contributed by atoms with E-state index in [1.54, 1.807) is 42.5 Å². The Hall–Kier alpha value is -4.64. The Bertz CT molecular complexity index is 2290. The summed E-state index contributed by atoms with van der Waals surface area (Å²) in [5.74, 6) is 0.503. The van der Waals surface area contributed by atoms with Crippen molar-refractivity contribution in [2.75, 3.05) is 20.0 Å². The molecule has 1 aliphatic heterocycles. The lowest BCUT2D eigenvalue weighted by Gasteiger charge is -2.26. The van der Waals surface area contributed by atoms with E-state index in [2.05, 4.69) is 28.7 Å². The highest BCUT2D eigenvalue weighted by atomic mass is 127. The van der Waals surface area contributed by atoms with E-state index in [1.807, 2.05) is 91.2 Å². The smallest absolute Gasteiger partial charge is 0.338 e. The van der Waals surface area contributed by atoms with Crippen LogP contribution in [0.5, 0.6) is 11.5 Å². The van der Waals surface area contributed by atoms with Crippen LogP contribution in [0.2, 0.25) is 0 Å². The van der Waals surface area contributed by atoms with Gasteiger partial charge in [-0.3, -0.25) is 9.36 Å². The van der Waals surface area contributed by atoms with Gasteiger partial charge in [-0.1, -0.05) is 72.0 Å². The highest BCUT2D eigenvalue weighted by Gasteiger charge is 2.35. The zero-order chi connectivity index (χ0) is 34.5. The summed E-state index contributed by atoms with van der Waals surface area (Å²) in [4.78, 5) is 34.5. The summed E-state index contributed by atoms with van der Waals surface area (Å²) in [7, 11) is 1.56. The summed E-state index contributed by atoms with van der Waals surface area (Å²) in [6, 6.07) is 29.8. The highest BCUT2D eigenvalue weighted by Crippen LogP contribution is 2.37. The standard InChI is InChI=1S/C38H30IN3O5S2/c1-4-46-37(44)32-33(24-10-6-5-7-11-24)41-38-42(34(32)25-14-16-28(48-3)17-15-25)36(43)31(49-38)20-23-18-29(39)35(30(19-23)45-2)47-22-27-13-9-8-12-26(27)21-40/h5-20,34H,4,22H2,1-3H3/b31-20-/t34-/m0/s1. The number of rotatable bonds is 10. The van der Waals surface area contributed by atoms with Crippen LogP contribution < -0.4 is 24.4 Å². The molecule has 0 fully saturated rings. The average molecular weight is 800 g/mol. The zero-order valence-electron chi connectivity index (χ0n) is 26.8. The number of benzene rings is 4. The third-order valence-corrected chi connectivity index (χ3v) is 10.4. The molecule has 0 unspecified atom stereocenters. The van der Waals surface area contributed by atoms with Gasteiger partial charge in [0.1, 0.15) is 6.61 Å². The van der Waals surface area contributed by atoms with E-state index < -0.39 is 12.0 Å². The van der Waals surface area contributed by atoms with Crippen LogP contribution in [0.1, 0.15) is 40.8 Å². The van der Waals surface area contributed by atoms with Crippen molar-refractivity contribution in [1.82, 2.24) is 4.57 Å². The predicted octanol–water partition coefficient (Wildman–Crippen LogP) is 6.72. The first-order valence-electron chi connectivity index (χ1n) is 15.3. The molecule has 0 saturated heterocycles. The number of ether oxygens (including phenoxy) is 3. The van der Waals surface area contributed by atoms with Gasteiger partial charge in [-0.15, -0.1) is 11.8 Å². The normalized spacial score (nSPS) is 14.1. The second kappa shape index (κ2) is 15.3. The molecule has 6 rings (SSSR count). The van der Waals surface area contributed by atoms with E-state index in [1.165, 1.54) is 11.3 Å². The number of thioether (sulfide) groups is 1. The number of methoxy groups -OCH3 is 1. The molecule has 8 nitrogen and oxygen atoms in total. The topological polar surface area (TPSA) is 103 Å². The van der Waals surface area contributed by atoms with Crippen LogP contribution in [0, 0.1) is 14.9 Å². The molecule has 0 N–H and O–H groups in total. The van der Waals surface area contributed by atoms with E-state index in [0.29, 0.717) is 37.7 Å². The van der Waals surface area contributed by atoms with Gasteiger partial charge in [0.15, 0.2) is 16.3 Å². The number of hydrogen-bond acceptors (Lipinski definition) is 9. The van der Waals surface area contributed by atoms with Gasteiger partial charge in [-0.25, -0.2) is 9.79 Å². The number of esters is 1.